The number of allylic oxidation sites excluding steroid dienone is 5. The largest absolute Gasteiger partial charge is 0.271 e. The number of hydrogen-bond donors (Lipinski definition) is 2. The van der Waals surface area contributed by atoms with E-state index in [1.165, 1.54) is 5.57 Å². The van der Waals surface area contributed by atoms with Crippen molar-refractivity contribution in [3.8, 4) is 0 Å². The van der Waals surface area contributed by atoms with Crippen LogP contribution < -0.4 is 10.3 Å². The lowest BCUT2D eigenvalue weighted by Crippen LogP contribution is -2.21. The van der Waals surface area contributed by atoms with Crippen LogP contribution >= 0.6 is 0 Å². The van der Waals surface area contributed by atoms with Crippen LogP contribution in [-0.4, -0.2) is 8.42 Å². The summed E-state index contributed by atoms with van der Waals surface area (Å²) in [6, 6.07) is 0. The molecule has 0 aromatic heterocycles. The maximum Gasteiger partial charge on any atom is 0.271 e. The van der Waals surface area contributed by atoms with E-state index in [4.69, 9.17) is 0 Å². The van der Waals surface area contributed by atoms with Gasteiger partial charge in [0.05, 0.1) is 0 Å². The molecule has 4 N–H and O–H groups in total. The summed E-state index contributed by atoms with van der Waals surface area (Å²) < 4.78 is 18.4. The maximum atomic E-state index is 9.19. The molecule has 12 heavy (non-hydrogen) atoms. The number of nitrogens with two attached hydrogens (primary N) is 2. The van der Waals surface area contributed by atoms with Crippen molar-refractivity contribution in [2.24, 2.45) is 10.3 Å². The van der Waals surface area contributed by atoms with Gasteiger partial charge in [-0.3, -0.25) is 0 Å². The van der Waals surface area contributed by atoms with E-state index in [0.29, 0.717) is 0 Å². The van der Waals surface area contributed by atoms with Gasteiger partial charge in [-0.2, -0.15) is 8.42 Å². The summed E-state index contributed by atoms with van der Waals surface area (Å²) in [5.41, 5.74) is 1.20. The summed E-state index contributed by atoms with van der Waals surface area (Å²) in [4.78, 5) is 0. The number of hydrogen-bond acceptors (Lipinski definition) is 2. The van der Waals surface area contributed by atoms with Crippen LogP contribution in [0.1, 0.15) is 6.42 Å². The summed E-state index contributed by atoms with van der Waals surface area (Å²) in [5, 5.41) is 8.21. The summed E-state index contributed by atoms with van der Waals surface area (Å²) in [6.45, 7) is 3.78. The molecule has 5 heteroatoms. The van der Waals surface area contributed by atoms with Crippen LogP contribution in [-0.2, 0) is 10.2 Å². The van der Waals surface area contributed by atoms with Gasteiger partial charge in [-0.15, -0.1) is 0 Å². The third-order valence-electron chi connectivity index (χ3n) is 0.959. The van der Waals surface area contributed by atoms with Crippen molar-refractivity contribution in [3.63, 3.8) is 0 Å². The van der Waals surface area contributed by atoms with E-state index >= 15 is 0 Å². The van der Waals surface area contributed by atoms with Crippen molar-refractivity contribution in [3.05, 3.63) is 36.5 Å². The van der Waals surface area contributed by atoms with Crippen LogP contribution in [0.3, 0.4) is 0 Å². The van der Waals surface area contributed by atoms with Crippen LogP contribution in [0.15, 0.2) is 36.5 Å². The lowest BCUT2D eigenvalue weighted by molar-refractivity contribution is 0.599. The van der Waals surface area contributed by atoms with Crippen LogP contribution in [0.25, 0.3) is 0 Å². The Bertz CT molecular complexity index is 293. The first-order chi connectivity index (χ1) is 5.39. The molecule has 0 aromatic rings. The first kappa shape index (κ1) is 11.1. The Hall–Kier alpha value is -0.910. The quantitative estimate of drug-likeness (QED) is 0.569. The zero-order chi connectivity index (χ0) is 9.61. The predicted molar refractivity (Wildman–Crippen MR) is 49.3 cm³/mol. The molecule has 0 saturated carbocycles. The van der Waals surface area contributed by atoms with Crippen LogP contribution in [0.4, 0.5) is 0 Å². The van der Waals surface area contributed by atoms with E-state index in [9.17, 15) is 8.42 Å². The molecular weight excluding hydrogens is 176 g/mol. The normalized spacial score (nSPS) is 15.3. The zero-order valence-electron chi connectivity index (χ0n) is 6.60. The van der Waals surface area contributed by atoms with E-state index < -0.39 is 10.2 Å². The van der Waals surface area contributed by atoms with Crippen molar-refractivity contribution in [1.29, 1.82) is 0 Å². The lowest BCUT2D eigenvalue weighted by Gasteiger charge is -1.94. The van der Waals surface area contributed by atoms with Gasteiger partial charge in [-0.25, -0.2) is 10.3 Å². The van der Waals surface area contributed by atoms with E-state index in [2.05, 4.69) is 22.9 Å². The summed E-state index contributed by atoms with van der Waals surface area (Å²) in [6.07, 6.45) is 9.19. The molecule has 0 heterocycles. The number of rotatable bonds is 0. The fourth-order valence-electron chi connectivity index (χ4n) is 0.558. The van der Waals surface area contributed by atoms with Crippen LogP contribution in [0.2, 0.25) is 0 Å². The minimum Gasteiger partial charge on any atom is -0.216 e. The summed E-state index contributed by atoms with van der Waals surface area (Å²) in [5.74, 6) is 0. The van der Waals surface area contributed by atoms with Crippen molar-refractivity contribution >= 4 is 10.2 Å². The van der Waals surface area contributed by atoms with Crippen molar-refractivity contribution in [2.75, 3.05) is 0 Å². The molecule has 4 nitrogen and oxygen atoms in total. The monoisotopic (exact) mass is 188 g/mol. The molecule has 0 aromatic carbocycles. The maximum absolute atomic E-state index is 9.19. The van der Waals surface area contributed by atoms with Gasteiger partial charge in [0.15, 0.2) is 0 Å². The first-order valence-electron chi connectivity index (χ1n) is 3.21. The molecule has 68 valence electrons. The molecule has 0 radical (unpaired) electrons. The minimum atomic E-state index is -3.67. The zero-order valence-corrected chi connectivity index (χ0v) is 7.42. The Morgan fingerprint density at radius 1 is 1.33 bits per heavy atom. The molecule has 1 aliphatic carbocycles. The van der Waals surface area contributed by atoms with Crippen LogP contribution in [0.5, 0.6) is 0 Å². The van der Waals surface area contributed by atoms with E-state index in [0.717, 1.165) is 6.42 Å². The second-order valence-corrected chi connectivity index (χ2v) is 3.42. The highest BCUT2D eigenvalue weighted by Crippen LogP contribution is 2.05. The Morgan fingerprint density at radius 3 is 2.00 bits per heavy atom. The van der Waals surface area contributed by atoms with E-state index in [-0.39, 0.29) is 0 Å². The topological polar surface area (TPSA) is 86.2 Å². The fraction of sp³-hybridized carbons (Fsp3) is 0.143. The van der Waals surface area contributed by atoms with E-state index in [1.807, 2.05) is 18.2 Å². The van der Waals surface area contributed by atoms with Gasteiger partial charge in [-0.1, -0.05) is 36.5 Å². The SMILES string of the molecule is C=C1C=CC=CC1.NS(N)(=O)=O. The molecule has 0 aliphatic heterocycles. The second kappa shape index (κ2) is 4.87. The first-order valence-corrected chi connectivity index (χ1v) is 4.82. The van der Waals surface area contributed by atoms with Gasteiger partial charge in [0, 0.05) is 0 Å². The van der Waals surface area contributed by atoms with E-state index in [1.54, 1.807) is 0 Å². The predicted octanol–water partition coefficient (Wildman–Crippen LogP) is 0.207. The van der Waals surface area contributed by atoms with Crippen molar-refractivity contribution in [1.82, 2.24) is 0 Å². The molecule has 1 rings (SSSR count). The molecule has 0 atom stereocenters. The standard InChI is InChI=1S/C7H8.H4N2O2S/c1-7-5-3-2-4-6-7;1-5(2,3)4/h2-5H,1,6H2;(H4,1,2,3,4). The third kappa shape index (κ3) is 11.8. The van der Waals surface area contributed by atoms with Gasteiger partial charge in [0.2, 0.25) is 0 Å². The highest BCUT2D eigenvalue weighted by molar-refractivity contribution is 7.86. The molecule has 0 bridgehead atoms. The highest BCUT2D eigenvalue weighted by Gasteiger charge is 1.84. The Kier molecular flexibility index (Phi) is 4.50. The van der Waals surface area contributed by atoms with Gasteiger partial charge in [-0.05, 0) is 6.42 Å². The molecule has 0 unspecified atom stereocenters. The van der Waals surface area contributed by atoms with Crippen molar-refractivity contribution < 1.29 is 8.42 Å². The highest BCUT2D eigenvalue weighted by atomic mass is 32.2. The van der Waals surface area contributed by atoms with Crippen LogP contribution in [0, 0.1) is 0 Å². The average molecular weight is 188 g/mol. The molecule has 0 saturated heterocycles. The summed E-state index contributed by atoms with van der Waals surface area (Å²) >= 11 is 0. The Morgan fingerprint density at radius 2 is 1.83 bits per heavy atom. The van der Waals surface area contributed by atoms with Crippen molar-refractivity contribution in [2.45, 2.75) is 6.42 Å². The summed E-state index contributed by atoms with van der Waals surface area (Å²) in [7, 11) is -3.67. The van der Waals surface area contributed by atoms with Gasteiger partial charge >= 0.3 is 0 Å². The average Bonchev–Trinajstić information content (AvgIpc) is 1.85. The molecule has 0 amide bonds. The third-order valence-corrected chi connectivity index (χ3v) is 0.959. The Balaban J connectivity index is 0.000000217. The smallest absolute Gasteiger partial charge is 0.216 e. The van der Waals surface area contributed by atoms with Gasteiger partial charge < -0.3 is 0 Å². The second-order valence-electron chi connectivity index (χ2n) is 2.24. The lowest BCUT2D eigenvalue weighted by atomic mass is 10.1. The van der Waals surface area contributed by atoms with Gasteiger partial charge in [0.1, 0.15) is 0 Å². The molecule has 0 fully saturated rings. The molecule has 1 aliphatic rings. The fourth-order valence-corrected chi connectivity index (χ4v) is 0.558. The molecule has 0 spiro atoms. The van der Waals surface area contributed by atoms with Gasteiger partial charge in [0.25, 0.3) is 10.2 Å². The molecular formula is C7H12N2O2S. The Labute approximate surface area is 72.4 Å². The minimum absolute atomic E-state index is 1.02.